The Morgan fingerprint density at radius 1 is 1.00 bits per heavy atom. The summed E-state index contributed by atoms with van der Waals surface area (Å²) < 4.78 is 9.98. The third-order valence-electron chi connectivity index (χ3n) is 4.23. The molecule has 0 aromatic carbocycles. The molecule has 1 N–H and O–H groups in total. The number of aliphatic hydroxyl groups is 1. The summed E-state index contributed by atoms with van der Waals surface area (Å²) >= 11 is 0. The first kappa shape index (κ1) is 23.1. The second kappa shape index (κ2) is 15.1. The fourth-order valence-electron chi connectivity index (χ4n) is 2.63. The molecule has 0 amide bonds. The largest absolute Gasteiger partial charge is 0.463 e. The number of carbonyl (C=O) groups is 2. The minimum Gasteiger partial charge on any atom is -0.463 e. The highest BCUT2D eigenvalue weighted by Gasteiger charge is 2.13. The predicted molar refractivity (Wildman–Crippen MR) is 103 cm³/mol. The van der Waals surface area contributed by atoms with Gasteiger partial charge in [0.2, 0.25) is 0 Å². The van der Waals surface area contributed by atoms with E-state index in [0.29, 0.717) is 12.0 Å². The lowest BCUT2D eigenvalue weighted by atomic mass is 10.1. The van der Waals surface area contributed by atoms with Gasteiger partial charge in [-0.05, 0) is 18.6 Å². The summed E-state index contributed by atoms with van der Waals surface area (Å²) in [5.41, 5.74) is 0.312. The van der Waals surface area contributed by atoms with Crippen LogP contribution in [-0.2, 0) is 14.3 Å². The van der Waals surface area contributed by atoms with E-state index in [1.807, 2.05) is 0 Å². The van der Waals surface area contributed by atoms with Crippen molar-refractivity contribution in [2.75, 3.05) is 13.2 Å². The van der Waals surface area contributed by atoms with Gasteiger partial charge in [0.05, 0.1) is 5.56 Å². The number of rotatable bonds is 15. The Hall–Kier alpha value is -1.95. The Labute approximate surface area is 162 Å². The van der Waals surface area contributed by atoms with Crippen LogP contribution in [0.3, 0.4) is 0 Å². The molecule has 0 radical (unpaired) electrons. The Morgan fingerprint density at radius 2 is 1.63 bits per heavy atom. The number of unbranched alkanes of at least 4 members (excludes halogenated alkanes) is 8. The van der Waals surface area contributed by atoms with E-state index in [-0.39, 0.29) is 19.2 Å². The van der Waals surface area contributed by atoms with Crippen molar-refractivity contribution in [3.05, 3.63) is 30.1 Å². The SMILES string of the molecule is CCCCCCCCCCCC(=O)OCC(O)COC(=O)c1cccnc1. The number of ether oxygens (including phenoxy) is 2. The fourth-order valence-corrected chi connectivity index (χ4v) is 2.63. The van der Waals surface area contributed by atoms with Gasteiger partial charge in [0, 0.05) is 18.8 Å². The van der Waals surface area contributed by atoms with Crippen LogP contribution in [-0.4, -0.2) is 41.3 Å². The highest BCUT2D eigenvalue weighted by Crippen LogP contribution is 2.10. The maximum Gasteiger partial charge on any atom is 0.339 e. The van der Waals surface area contributed by atoms with E-state index in [4.69, 9.17) is 9.47 Å². The summed E-state index contributed by atoms with van der Waals surface area (Å²) in [6.07, 6.45) is 13.0. The van der Waals surface area contributed by atoms with Crippen molar-refractivity contribution in [2.24, 2.45) is 0 Å². The molecule has 1 atom stereocenters. The molecule has 1 heterocycles. The van der Waals surface area contributed by atoms with Gasteiger partial charge >= 0.3 is 11.9 Å². The van der Waals surface area contributed by atoms with Crippen LogP contribution in [0.4, 0.5) is 0 Å². The quantitative estimate of drug-likeness (QED) is 0.365. The molecule has 0 saturated carbocycles. The average molecular weight is 379 g/mol. The molecular weight excluding hydrogens is 346 g/mol. The van der Waals surface area contributed by atoms with Gasteiger partial charge < -0.3 is 14.6 Å². The third kappa shape index (κ3) is 12.1. The summed E-state index contributed by atoms with van der Waals surface area (Å²) in [6.45, 7) is 1.82. The summed E-state index contributed by atoms with van der Waals surface area (Å²) in [7, 11) is 0. The van der Waals surface area contributed by atoms with Crippen LogP contribution in [0.5, 0.6) is 0 Å². The van der Waals surface area contributed by atoms with E-state index in [0.717, 1.165) is 19.3 Å². The van der Waals surface area contributed by atoms with E-state index < -0.39 is 12.1 Å². The number of aliphatic hydroxyl groups excluding tert-OH is 1. The molecule has 0 aliphatic carbocycles. The molecule has 152 valence electrons. The standard InChI is InChI=1S/C21H33NO5/c1-2-3-4-5-6-7-8-9-10-13-20(24)26-16-19(23)17-27-21(25)18-12-11-14-22-15-18/h11-12,14-15,19,23H,2-10,13,16-17H2,1H3. The molecule has 0 saturated heterocycles. The number of aromatic nitrogens is 1. The van der Waals surface area contributed by atoms with E-state index in [1.54, 1.807) is 18.3 Å². The van der Waals surface area contributed by atoms with Crippen molar-refractivity contribution in [1.82, 2.24) is 4.98 Å². The van der Waals surface area contributed by atoms with Gasteiger partial charge in [-0.3, -0.25) is 9.78 Å². The molecular formula is C21H33NO5. The Bertz CT molecular complexity index is 521. The smallest absolute Gasteiger partial charge is 0.339 e. The third-order valence-corrected chi connectivity index (χ3v) is 4.23. The number of nitrogens with zero attached hydrogens (tertiary/aromatic N) is 1. The minimum atomic E-state index is -1.03. The lowest BCUT2D eigenvalue weighted by molar-refractivity contribution is -0.147. The highest BCUT2D eigenvalue weighted by atomic mass is 16.6. The molecule has 1 unspecified atom stereocenters. The maximum absolute atomic E-state index is 11.7. The van der Waals surface area contributed by atoms with Crippen molar-refractivity contribution >= 4 is 11.9 Å². The van der Waals surface area contributed by atoms with Crippen molar-refractivity contribution in [3.8, 4) is 0 Å². The zero-order chi connectivity index (χ0) is 19.7. The molecule has 27 heavy (non-hydrogen) atoms. The first-order valence-electron chi connectivity index (χ1n) is 10.0. The first-order chi connectivity index (χ1) is 13.1. The minimum absolute atomic E-state index is 0.170. The number of esters is 2. The van der Waals surface area contributed by atoms with Gasteiger partial charge in [-0.2, -0.15) is 0 Å². The van der Waals surface area contributed by atoms with Gasteiger partial charge in [-0.25, -0.2) is 4.79 Å². The predicted octanol–water partition coefficient (Wildman–Crippen LogP) is 4.06. The van der Waals surface area contributed by atoms with Crippen LogP contribution in [0.25, 0.3) is 0 Å². The van der Waals surface area contributed by atoms with Crippen molar-refractivity contribution < 1.29 is 24.2 Å². The van der Waals surface area contributed by atoms with E-state index in [9.17, 15) is 14.7 Å². The zero-order valence-electron chi connectivity index (χ0n) is 16.4. The summed E-state index contributed by atoms with van der Waals surface area (Å²) in [4.78, 5) is 27.2. The van der Waals surface area contributed by atoms with Crippen molar-refractivity contribution in [3.63, 3.8) is 0 Å². The van der Waals surface area contributed by atoms with Gasteiger partial charge in [0.1, 0.15) is 19.3 Å². The summed E-state index contributed by atoms with van der Waals surface area (Å²) in [6, 6.07) is 3.20. The van der Waals surface area contributed by atoms with Gasteiger partial charge in [-0.15, -0.1) is 0 Å². The normalized spacial score (nSPS) is 11.8. The molecule has 0 aliphatic heterocycles. The number of pyridine rings is 1. The molecule has 0 aliphatic rings. The molecule has 6 heteroatoms. The zero-order valence-corrected chi connectivity index (χ0v) is 16.4. The molecule has 0 fully saturated rings. The number of hydrogen-bond donors (Lipinski definition) is 1. The average Bonchev–Trinajstić information content (AvgIpc) is 2.69. The lowest BCUT2D eigenvalue weighted by Gasteiger charge is -2.12. The van der Waals surface area contributed by atoms with Gasteiger partial charge in [0.25, 0.3) is 0 Å². The van der Waals surface area contributed by atoms with Crippen LogP contribution in [0, 0.1) is 0 Å². The lowest BCUT2D eigenvalue weighted by Crippen LogP contribution is -2.25. The van der Waals surface area contributed by atoms with Crippen molar-refractivity contribution in [1.29, 1.82) is 0 Å². The molecule has 0 bridgehead atoms. The Balaban J connectivity index is 1.98. The molecule has 1 aromatic rings. The summed E-state index contributed by atoms with van der Waals surface area (Å²) in [5.74, 6) is -0.890. The second-order valence-corrected chi connectivity index (χ2v) is 6.76. The topological polar surface area (TPSA) is 85.7 Å². The van der Waals surface area contributed by atoms with Crippen LogP contribution in [0.2, 0.25) is 0 Å². The van der Waals surface area contributed by atoms with E-state index in [1.165, 1.54) is 44.7 Å². The van der Waals surface area contributed by atoms with Gasteiger partial charge in [-0.1, -0.05) is 58.3 Å². The molecule has 1 rings (SSSR count). The molecule has 0 spiro atoms. The van der Waals surface area contributed by atoms with Crippen LogP contribution >= 0.6 is 0 Å². The number of carbonyl (C=O) groups excluding carboxylic acids is 2. The highest BCUT2D eigenvalue weighted by molar-refractivity contribution is 5.88. The van der Waals surface area contributed by atoms with Crippen molar-refractivity contribution in [2.45, 2.75) is 77.2 Å². The van der Waals surface area contributed by atoms with Gasteiger partial charge in [0.15, 0.2) is 0 Å². The first-order valence-corrected chi connectivity index (χ1v) is 10.0. The Morgan fingerprint density at radius 3 is 2.26 bits per heavy atom. The van der Waals surface area contributed by atoms with Crippen LogP contribution < -0.4 is 0 Å². The van der Waals surface area contributed by atoms with Crippen LogP contribution in [0.1, 0.15) is 81.5 Å². The molecule has 1 aromatic heterocycles. The summed E-state index contributed by atoms with van der Waals surface area (Å²) in [5, 5.41) is 9.75. The maximum atomic E-state index is 11.7. The van der Waals surface area contributed by atoms with E-state index in [2.05, 4.69) is 11.9 Å². The fraction of sp³-hybridized carbons (Fsp3) is 0.667. The second-order valence-electron chi connectivity index (χ2n) is 6.76. The number of hydrogen-bond acceptors (Lipinski definition) is 6. The monoisotopic (exact) mass is 379 g/mol. The Kier molecular flexibility index (Phi) is 12.9. The molecule has 6 nitrogen and oxygen atoms in total. The van der Waals surface area contributed by atoms with Crippen LogP contribution in [0.15, 0.2) is 24.5 Å². The van der Waals surface area contributed by atoms with E-state index >= 15 is 0 Å².